The van der Waals surface area contributed by atoms with Crippen molar-refractivity contribution in [1.29, 1.82) is 0 Å². The van der Waals surface area contributed by atoms with Gasteiger partial charge in [-0.15, -0.1) is 0 Å². The van der Waals surface area contributed by atoms with E-state index in [1.165, 1.54) is 23.1 Å². The maximum Gasteiger partial charge on any atom is 0.322 e. The van der Waals surface area contributed by atoms with Crippen LogP contribution in [0.4, 0.5) is 20.7 Å². The van der Waals surface area contributed by atoms with Gasteiger partial charge in [-0.3, -0.25) is 4.79 Å². The first-order chi connectivity index (χ1) is 17.1. The van der Waals surface area contributed by atoms with Crippen LogP contribution >= 0.6 is 0 Å². The molecule has 3 aromatic rings. The maximum atomic E-state index is 14.1. The second kappa shape index (κ2) is 11.8. The lowest BCUT2D eigenvalue weighted by molar-refractivity contribution is -0.116. The van der Waals surface area contributed by atoms with Crippen LogP contribution in [0.2, 0.25) is 0 Å². The normalized spacial score (nSPS) is 11.3. The highest BCUT2D eigenvalue weighted by Gasteiger charge is 2.23. The number of halogens is 1. The number of hydrogen-bond donors (Lipinski definition) is 2. The first-order valence-electron chi connectivity index (χ1n) is 11.9. The summed E-state index contributed by atoms with van der Waals surface area (Å²) in [6, 6.07) is 15.0. The average Bonchev–Trinajstić information content (AvgIpc) is 3.24. The number of nitrogens with zero attached hydrogens (tertiary/aromatic N) is 3. The average molecular weight is 496 g/mol. The fraction of sp³-hybridized carbons (Fsp3) is 0.370. The molecule has 0 fully saturated rings. The summed E-state index contributed by atoms with van der Waals surface area (Å²) in [5.74, 6) is -0.448. The number of hydrogen-bond acceptors (Lipinski definition) is 4. The molecule has 1 heterocycles. The second-order valence-corrected chi connectivity index (χ2v) is 9.64. The van der Waals surface area contributed by atoms with Gasteiger partial charge < -0.3 is 20.3 Å². The predicted octanol–water partition coefficient (Wildman–Crippen LogP) is 5.13. The minimum absolute atomic E-state index is 0.0481. The van der Waals surface area contributed by atoms with E-state index in [1.54, 1.807) is 17.9 Å². The summed E-state index contributed by atoms with van der Waals surface area (Å²) in [5, 5.41) is 10.2. The van der Waals surface area contributed by atoms with E-state index in [0.29, 0.717) is 18.8 Å². The number of amides is 3. The monoisotopic (exact) mass is 495 g/mol. The van der Waals surface area contributed by atoms with Gasteiger partial charge in [-0.05, 0) is 43.2 Å². The molecule has 3 rings (SSSR count). The SMILES string of the molecule is COCCCN(CC(=O)Nc1cc(C(C)(C)C)nn1-c1cccc(C)c1)C(=O)Nc1ccccc1F. The van der Waals surface area contributed by atoms with Crippen LogP contribution in [0.1, 0.15) is 38.4 Å². The van der Waals surface area contributed by atoms with Gasteiger partial charge in [0.15, 0.2) is 0 Å². The smallest absolute Gasteiger partial charge is 0.322 e. The summed E-state index contributed by atoms with van der Waals surface area (Å²) in [6.45, 7) is 8.58. The Labute approximate surface area is 211 Å². The van der Waals surface area contributed by atoms with E-state index >= 15 is 0 Å². The van der Waals surface area contributed by atoms with E-state index in [-0.39, 0.29) is 24.2 Å². The summed E-state index contributed by atoms with van der Waals surface area (Å²) >= 11 is 0. The molecule has 0 unspecified atom stereocenters. The summed E-state index contributed by atoms with van der Waals surface area (Å²) in [5.41, 5.74) is 2.50. The Morgan fingerprint density at radius 2 is 1.83 bits per heavy atom. The molecule has 9 heteroatoms. The lowest BCUT2D eigenvalue weighted by Gasteiger charge is -2.23. The number of carbonyl (C=O) groups is 2. The molecular formula is C27H34FN5O3. The van der Waals surface area contributed by atoms with Gasteiger partial charge in [0, 0.05) is 31.7 Å². The maximum absolute atomic E-state index is 14.1. The fourth-order valence-electron chi connectivity index (χ4n) is 3.56. The van der Waals surface area contributed by atoms with Gasteiger partial charge >= 0.3 is 6.03 Å². The molecule has 0 bridgehead atoms. The van der Waals surface area contributed by atoms with E-state index in [9.17, 15) is 14.0 Å². The topological polar surface area (TPSA) is 88.5 Å². The van der Waals surface area contributed by atoms with Gasteiger partial charge in [0.25, 0.3) is 0 Å². The number of benzene rings is 2. The molecule has 192 valence electrons. The Morgan fingerprint density at radius 3 is 2.50 bits per heavy atom. The number of rotatable bonds is 9. The molecule has 0 saturated heterocycles. The molecule has 0 aliphatic rings. The number of para-hydroxylation sites is 1. The summed E-state index contributed by atoms with van der Waals surface area (Å²) in [4.78, 5) is 27.4. The zero-order valence-electron chi connectivity index (χ0n) is 21.5. The number of nitrogens with one attached hydrogen (secondary N) is 2. The molecule has 0 radical (unpaired) electrons. The predicted molar refractivity (Wildman–Crippen MR) is 139 cm³/mol. The van der Waals surface area contributed by atoms with Crippen LogP contribution in [-0.4, -0.2) is 53.4 Å². The Kier molecular flexibility index (Phi) is 8.82. The van der Waals surface area contributed by atoms with Gasteiger partial charge in [0.05, 0.1) is 17.1 Å². The lowest BCUT2D eigenvalue weighted by Crippen LogP contribution is -2.41. The van der Waals surface area contributed by atoms with Crippen molar-refractivity contribution in [3.63, 3.8) is 0 Å². The molecule has 2 N–H and O–H groups in total. The fourth-order valence-corrected chi connectivity index (χ4v) is 3.56. The van der Waals surface area contributed by atoms with Crippen LogP contribution in [0.3, 0.4) is 0 Å². The van der Waals surface area contributed by atoms with Gasteiger partial charge in [-0.25, -0.2) is 13.9 Å². The molecule has 0 atom stereocenters. The van der Waals surface area contributed by atoms with Crippen LogP contribution in [0.25, 0.3) is 5.69 Å². The Bertz CT molecular complexity index is 1200. The van der Waals surface area contributed by atoms with E-state index < -0.39 is 17.8 Å². The third kappa shape index (κ3) is 7.14. The van der Waals surface area contributed by atoms with Gasteiger partial charge in [0.2, 0.25) is 5.91 Å². The number of methoxy groups -OCH3 is 1. The van der Waals surface area contributed by atoms with Gasteiger partial charge in [-0.2, -0.15) is 5.10 Å². The number of aryl methyl sites for hydroxylation is 1. The molecule has 3 amide bonds. The molecule has 0 aliphatic heterocycles. The molecule has 8 nitrogen and oxygen atoms in total. The highest BCUT2D eigenvalue weighted by Crippen LogP contribution is 2.26. The quantitative estimate of drug-likeness (QED) is 0.403. The first-order valence-corrected chi connectivity index (χ1v) is 11.9. The van der Waals surface area contributed by atoms with E-state index in [2.05, 4.69) is 10.6 Å². The third-order valence-electron chi connectivity index (χ3n) is 5.51. The Morgan fingerprint density at radius 1 is 1.08 bits per heavy atom. The molecule has 0 saturated carbocycles. The van der Waals surface area contributed by atoms with Crippen LogP contribution in [0.5, 0.6) is 0 Å². The molecule has 0 spiro atoms. The van der Waals surface area contributed by atoms with Gasteiger partial charge in [0.1, 0.15) is 18.2 Å². The summed E-state index contributed by atoms with van der Waals surface area (Å²) < 4.78 is 20.8. The Hall–Kier alpha value is -3.72. The van der Waals surface area contributed by atoms with Crippen molar-refractivity contribution in [2.75, 3.05) is 37.4 Å². The number of anilines is 2. The van der Waals surface area contributed by atoms with Crippen LogP contribution < -0.4 is 10.6 Å². The van der Waals surface area contributed by atoms with E-state index in [4.69, 9.17) is 9.84 Å². The van der Waals surface area contributed by atoms with Crippen molar-refractivity contribution in [2.24, 2.45) is 0 Å². The minimum atomic E-state index is -0.575. The lowest BCUT2D eigenvalue weighted by atomic mass is 9.92. The highest BCUT2D eigenvalue weighted by atomic mass is 19.1. The van der Waals surface area contributed by atoms with E-state index in [1.807, 2.05) is 58.0 Å². The zero-order chi connectivity index (χ0) is 26.3. The first kappa shape index (κ1) is 26.9. The van der Waals surface area contributed by atoms with Gasteiger partial charge in [-0.1, -0.05) is 45.0 Å². The molecular weight excluding hydrogens is 461 g/mol. The van der Waals surface area contributed by atoms with Crippen molar-refractivity contribution in [2.45, 2.75) is 39.5 Å². The van der Waals surface area contributed by atoms with Crippen molar-refractivity contribution in [1.82, 2.24) is 14.7 Å². The number of ether oxygens (including phenoxy) is 1. The van der Waals surface area contributed by atoms with Crippen LogP contribution in [0, 0.1) is 12.7 Å². The molecule has 36 heavy (non-hydrogen) atoms. The van der Waals surface area contributed by atoms with Crippen molar-refractivity contribution in [3.05, 3.63) is 71.7 Å². The second-order valence-electron chi connectivity index (χ2n) is 9.64. The standard InChI is InChI=1S/C27H34FN5O3/c1-19-10-8-11-20(16-19)33-24(17-23(31-33)27(2,3)4)30-25(34)18-32(14-9-15-36-5)26(35)29-22-13-7-6-12-21(22)28/h6-8,10-13,16-17H,9,14-15,18H2,1-5H3,(H,29,35)(H,30,34). The minimum Gasteiger partial charge on any atom is -0.385 e. The van der Waals surface area contributed by atoms with Crippen molar-refractivity contribution >= 4 is 23.4 Å². The molecule has 2 aromatic carbocycles. The summed E-state index contributed by atoms with van der Waals surface area (Å²) in [7, 11) is 1.57. The van der Waals surface area contributed by atoms with Crippen molar-refractivity contribution < 1.29 is 18.7 Å². The molecule has 1 aromatic heterocycles. The highest BCUT2D eigenvalue weighted by molar-refractivity contribution is 5.96. The molecule has 0 aliphatic carbocycles. The van der Waals surface area contributed by atoms with Crippen molar-refractivity contribution in [3.8, 4) is 5.69 Å². The zero-order valence-corrected chi connectivity index (χ0v) is 21.5. The Balaban J connectivity index is 1.81. The van der Waals surface area contributed by atoms with Crippen LogP contribution in [0.15, 0.2) is 54.6 Å². The third-order valence-corrected chi connectivity index (χ3v) is 5.51. The largest absolute Gasteiger partial charge is 0.385 e. The number of carbonyl (C=O) groups excluding carboxylic acids is 2. The van der Waals surface area contributed by atoms with Crippen LogP contribution in [-0.2, 0) is 14.9 Å². The number of aromatic nitrogens is 2. The number of urea groups is 1. The van der Waals surface area contributed by atoms with E-state index in [0.717, 1.165) is 16.9 Å². The summed E-state index contributed by atoms with van der Waals surface area (Å²) in [6.07, 6.45) is 0.518.